The summed E-state index contributed by atoms with van der Waals surface area (Å²) in [5, 5.41) is 4.48. The Bertz CT molecular complexity index is 1070. The minimum atomic E-state index is -3.42. The van der Waals surface area contributed by atoms with Crippen LogP contribution in [0.15, 0.2) is 52.6 Å². The molecule has 0 atom stereocenters. The summed E-state index contributed by atoms with van der Waals surface area (Å²) in [5.41, 5.74) is 2.17. The topological polar surface area (TPSA) is 77.7 Å². The SMILES string of the molecule is CCS(=O)(=O)c1cc(C2CC2)cnc1-c1ncn(-c2ccc(SC)cc2)n1. The Morgan fingerprint density at radius 3 is 2.56 bits per heavy atom. The fraction of sp³-hybridized carbons (Fsp3) is 0.316. The summed E-state index contributed by atoms with van der Waals surface area (Å²) in [7, 11) is -3.42. The van der Waals surface area contributed by atoms with E-state index in [9.17, 15) is 8.42 Å². The number of benzene rings is 1. The van der Waals surface area contributed by atoms with E-state index in [2.05, 4.69) is 15.1 Å². The first-order chi connectivity index (χ1) is 13.0. The molecule has 2 heterocycles. The molecule has 0 unspecified atom stereocenters. The number of aromatic nitrogens is 4. The Morgan fingerprint density at radius 2 is 1.93 bits per heavy atom. The molecule has 3 aromatic rings. The smallest absolute Gasteiger partial charge is 0.201 e. The maximum atomic E-state index is 12.6. The van der Waals surface area contributed by atoms with Crippen molar-refractivity contribution in [1.29, 1.82) is 0 Å². The Kier molecular flexibility index (Phi) is 4.77. The molecular formula is C19H20N4O2S2. The van der Waals surface area contributed by atoms with Crippen molar-refractivity contribution < 1.29 is 8.42 Å². The van der Waals surface area contributed by atoms with Gasteiger partial charge in [0.2, 0.25) is 5.82 Å². The van der Waals surface area contributed by atoms with Gasteiger partial charge in [-0.15, -0.1) is 16.9 Å². The zero-order valence-electron chi connectivity index (χ0n) is 15.2. The molecule has 0 saturated heterocycles. The zero-order valence-corrected chi connectivity index (χ0v) is 16.8. The van der Waals surface area contributed by atoms with Gasteiger partial charge in [-0.3, -0.25) is 4.98 Å². The van der Waals surface area contributed by atoms with E-state index >= 15 is 0 Å². The molecule has 8 heteroatoms. The average molecular weight is 401 g/mol. The van der Waals surface area contributed by atoms with Gasteiger partial charge in [-0.1, -0.05) is 6.92 Å². The Balaban J connectivity index is 1.76. The van der Waals surface area contributed by atoms with E-state index in [0.717, 1.165) is 29.0 Å². The van der Waals surface area contributed by atoms with Crippen LogP contribution in [0.2, 0.25) is 0 Å². The van der Waals surface area contributed by atoms with Gasteiger partial charge in [-0.25, -0.2) is 18.1 Å². The molecule has 4 rings (SSSR count). The molecule has 1 aromatic carbocycles. The van der Waals surface area contributed by atoms with E-state index in [0.29, 0.717) is 17.4 Å². The number of nitrogens with zero attached hydrogens (tertiary/aromatic N) is 4. The van der Waals surface area contributed by atoms with Crippen LogP contribution in [0, 0.1) is 0 Å². The summed E-state index contributed by atoms with van der Waals surface area (Å²) >= 11 is 1.67. The van der Waals surface area contributed by atoms with Crippen LogP contribution in [-0.4, -0.2) is 40.2 Å². The summed E-state index contributed by atoms with van der Waals surface area (Å²) in [5.74, 6) is 0.767. The number of thioether (sulfide) groups is 1. The van der Waals surface area contributed by atoms with E-state index < -0.39 is 9.84 Å². The highest BCUT2D eigenvalue weighted by molar-refractivity contribution is 7.98. The summed E-state index contributed by atoms with van der Waals surface area (Å²) in [4.78, 5) is 10.1. The fourth-order valence-corrected chi connectivity index (χ4v) is 4.36. The van der Waals surface area contributed by atoms with E-state index in [1.807, 2.05) is 30.5 Å². The molecule has 0 spiro atoms. The quantitative estimate of drug-likeness (QED) is 0.587. The molecule has 0 radical (unpaired) electrons. The molecular weight excluding hydrogens is 380 g/mol. The van der Waals surface area contributed by atoms with Gasteiger partial charge in [0.25, 0.3) is 0 Å². The molecule has 6 nitrogen and oxygen atoms in total. The van der Waals surface area contributed by atoms with Crippen LogP contribution >= 0.6 is 11.8 Å². The maximum Gasteiger partial charge on any atom is 0.201 e. The predicted octanol–water partition coefficient (Wildman–Crippen LogP) is 3.72. The molecule has 0 amide bonds. The van der Waals surface area contributed by atoms with Gasteiger partial charge in [0.1, 0.15) is 12.0 Å². The molecule has 0 N–H and O–H groups in total. The average Bonchev–Trinajstić information content (AvgIpc) is 3.44. The largest absolute Gasteiger partial charge is 0.251 e. The van der Waals surface area contributed by atoms with Gasteiger partial charge in [-0.05, 0) is 60.9 Å². The highest BCUT2D eigenvalue weighted by atomic mass is 32.2. The van der Waals surface area contributed by atoms with Crippen LogP contribution in [-0.2, 0) is 9.84 Å². The predicted molar refractivity (Wildman–Crippen MR) is 106 cm³/mol. The van der Waals surface area contributed by atoms with Crippen LogP contribution in [0.5, 0.6) is 0 Å². The minimum absolute atomic E-state index is 0.0205. The lowest BCUT2D eigenvalue weighted by Gasteiger charge is -2.08. The van der Waals surface area contributed by atoms with Crippen LogP contribution < -0.4 is 0 Å². The first-order valence-electron chi connectivity index (χ1n) is 8.81. The number of hydrogen-bond donors (Lipinski definition) is 0. The van der Waals surface area contributed by atoms with Gasteiger partial charge in [0, 0.05) is 11.1 Å². The molecule has 0 bridgehead atoms. The number of rotatable bonds is 6. The normalized spacial score (nSPS) is 14.4. The molecule has 1 fully saturated rings. The maximum absolute atomic E-state index is 12.6. The Hall–Kier alpha value is -2.19. The van der Waals surface area contributed by atoms with E-state index in [-0.39, 0.29) is 10.6 Å². The van der Waals surface area contributed by atoms with E-state index in [1.54, 1.807) is 42.0 Å². The van der Waals surface area contributed by atoms with E-state index in [1.165, 1.54) is 0 Å². The monoisotopic (exact) mass is 400 g/mol. The Morgan fingerprint density at radius 1 is 1.19 bits per heavy atom. The van der Waals surface area contributed by atoms with Gasteiger partial charge in [-0.2, -0.15) is 0 Å². The zero-order chi connectivity index (χ0) is 19.0. The third kappa shape index (κ3) is 3.64. The van der Waals surface area contributed by atoms with Crippen molar-refractivity contribution in [2.24, 2.45) is 0 Å². The summed E-state index contributed by atoms with van der Waals surface area (Å²) in [6, 6.07) is 9.69. The molecule has 2 aromatic heterocycles. The van der Waals surface area contributed by atoms with Crippen molar-refractivity contribution in [2.45, 2.75) is 35.5 Å². The van der Waals surface area contributed by atoms with Crippen molar-refractivity contribution in [3.8, 4) is 17.2 Å². The van der Waals surface area contributed by atoms with Crippen molar-refractivity contribution >= 4 is 21.6 Å². The fourth-order valence-electron chi connectivity index (χ4n) is 2.89. The highest BCUT2D eigenvalue weighted by Crippen LogP contribution is 2.41. The summed E-state index contributed by atoms with van der Waals surface area (Å²) < 4.78 is 26.9. The van der Waals surface area contributed by atoms with Crippen LogP contribution in [0.4, 0.5) is 0 Å². The van der Waals surface area contributed by atoms with Crippen LogP contribution in [0.3, 0.4) is 0 Å². The minimum Gasteiger partial charge on any atom is -0.251 e. The second-order valence-corrected chi connectivity index (χ2v) is 9.63. The summed E-state index contributed by atoms with van der Waals surface area (Å²) in [6.45, 7) is 1.64. The second-order valence-electron chi connectivity index (χ2n) is 6.50. The third-order valence-corrected chi connectivity index (χ3v) is 7.16. The van der Waals surface area contributed by atoms with Crippen molar-refractivity contribution in [3.05, 3.63) is 48.4 Å². The summed E-state index contributed by atoms with van der Waals surface area (Å²) in [6.07, 6.45) is 7.55. The van der Waals surface area contributed by atoms with Gasteiger partial charge in [0.05, 0.1) is 16.3 Å². The lowest BCUT2D eigenvalue weighted by Crippen LogP contribution is -2.08. The van der Waals surface area contributed by atoms with E-state index in [4.69, 9.17) is 0 Å². The lowest BCUT2D eigenvalue weighted by atomic mass is 10.2. The van der Waals surface area contributed by atoms with Gasteiger partial charge < -0.3 is 0 Å². The molecule has 1 aliphatic rings. The standard InChI is InChI=1S/C19H20N4O2S2/c1-3-27(24,25)17-10-14(13-4-5-13)11-20-18(17)19-21-12-23(22-19)15-6-8-16(26-2)9-7-15/h6-13H,3-5H2,1-2H3. The highest BCUT2D eigenvalue weighted by Gasteiger charge is 2.28. The first kappa shape index (κ1) is 18.2. The van der Waals surface area contributed by atoms with Crippen molar-refractivity contribution in [3.63, 3.8) is 0 Å². The van der Waals surface area contributed by atoms with Crippen molar-refractivity contribution in [2.75, 3.05) is 12.0 Å². The number of sulfone groups is 1. The molecule has 1 saturated carbocycles. The molecule has 140 valence electrons. The molecule has 1 aliphatic carbocycles. The number of pyridine rings is 1. The Labute approximate surface area is 163 Å². The van der Waals surface area contributed by atoms with Crippen molar-refractivity contribution in [1.82, 2.24) is 19.7 Å². The number of hydrogen-bond acceptors (Lipinski definition) is 6. The first-order valence-corrected chi connectivity index (χ1v) is 11.7. The van der Waals surface area contributed by atoms with Crippen LogP contribution in [0.25, 0.3) is 17.2 Å². The van der Waals surface area contributed by atoms with Gasteiger partial charge in [0.15, 0.2) is 9.84 Å². The second kappa shape index (κ2) is 7.09. The molecule has 0 aliphatic heterocycles. The molecule has 27 heavy (non-hydrogen) atoms. The van der Waals surface area contributed by atoms with Crippen LogP contribution in [0.1, 0.15) is 31.2 Å². The third-order valence-electron chi connectivity index (χ3n) is 4.68. The lowest BCUT2D eigenvalue weighted by molar-refractivity contribution is 0.597. The van der Waals surface area contributed by atoms with Gasteiger partial charge >= 0.3 is 0 Å².